The van der Waals surface area contributed by atoms with E-state index >= 15 is 0 Å². The number of hydrogen-bond donors (Lipinski definition) is 0. The second-order valence-electron chi connectivity index (χ2n) is 6.23. The summed E-state index contributed by atoms with van der Waals surface area (Å²) >= 11 is 7.80. The number of ether oxygens (including phenoxy) is 3. The molecule has 2 heterocycles. The molecule has 1 aliphatic heterocycles. The number of carbonyl (C=O) groups is 1. The van der Waals surface area contributed by atoms with Crippen molar-refractivity contribution in [2.75, 3.05) is 7.11 Å². The fraction of sp³-hybridized carbons (Fsp3) is 0.0909. The summed E-state index contributed by atoms with van der Waals surface area (Å²) in [7, 11) is 1.47. The van der Waals surface area contributed by atoms with Crippen molar-refractivity contribution in [1.82, 2.24) is 0 Å². The summed E-state index contributed by atoms with van der Waals surface area (Å²) in [5.74, 6) is -0.0218. The van der Waals surface area contributed by atoms with Crippen molar-refractivity contribution in [3.63, 3.8) is 0 Å². The van der Waals surface area contributed by atoms with Crippen LogP contribution in [0.3, 0.4) is 0 Å². The molecule has 152 valence electrons. The van der Waals surface area contributed by atoms with E-state index in [4.69, 9.17) is 25.8 Å². The van der Waals surface area contributed by atoms with E-state index in [9.17, 15) is 9.18 Å². The van der Waals surface area contributed by atoms with Gasteiger partial charge < -0.3 is 14.2 Å². The van der Waals surface area contributed by atoms with E-state index in [1.165, 1.54) is 24.5 Å². The predicted octanol–water partition coefficient (Wildman–Crippen LogP) is 5.47. The standard InChI is InChI=1S/C22H15ClFNO4S/c1-27-18-11-13(10-17-22(26)29-21(25-17)19-7-4-8-30-19)9-15(23)20(18)28-12-14-5-2-3-6-16(14)24/h2-11H,12H2,1H3/b17-10-. The van der Waals surface area contributed by atoms with Gasteiger partial charge >= 0.3 is 5.97 Å². The van der Waals surface area contributed by atoms with E-state index in [1.54, 1.807) is 36.4 Å². The minimum Gasteiger partial charge on any atom is -0.493 e. The van der Waals surface area contributed by atoms with Crippen LogP contribution in [0.15, 0.2) is 64.6 Å². The number of methoxy groups -OCH3 is 1. The normalized spacial score (nSPS) is 14.6. The van der Waals surface area contributed by atoms with E-state index in [0.29, 0.717) is 16.9 Å². The van der Waals surface area contributed by atoms with Crippen LogP contribution in [0.4, 0.5) is 4.39 Å². The second kappa shape index (κ2) is 8.69. The molecule has 0 spiro atoms. The van der Waals surface area contributed by atoms with Gasteiger partial charge in [-0.05, 0) is 41.3 Å². The molecule has 0 bridgehead atoms. The molecule has 5 nitrogen and oxygen atoms in total. The zero-order valence-corrected chi connectivity index (χ0v) is 17.3. The molecular weight excluding hydrogens is 429 g/mol. The zero-order chi connectivity index (χ0) is 21.1. The molecule has 0 saturated heterocycles. The van der Waals surface area contributed by atoms with Crippen LogP contribution in [0.2, 0.25) is 5.02 Å². The quantitative estimate of drug-likeness (QED) is 0.374. The summed E-state index contributed by atoms with van der Waals surface area (Å²) in [5.41, 5.74) is 1.13. The molecule has 0 aliphatic carbocycles. The molecule has 4 rings (SSSR count). The maximum Gasteiger partial charge on any atom is 0.363 e. The van der Waals surface area contributed by atoms with E-state index in [-0.39, 0.29) is 34.8 Å². The van der Waals surface area contributed by atoms with E-state index < -0.39 is 5.97 Å². The molecule has 3 aromatic rings. The Balaban J connectivity index is 1.60. The first kappa shape index (κ1) is 20.1. The molecule has 0 atom stereocenters. The highest BCUT2D eigenvalue weighted by Gasteiger charge is 2.25. The Morgan fingerprint density at radius 3 is 2.80 bits per heavy atom. The number of aliphatic imine (C=N–C) groups is 1. The molecule has 0 fully saturated rings. The Hall–Kier alpha value is -3.16. The number of hydrogen-bond acceptors (Lipinski definition) is 6. The van der Waals surface area contributed by atoms with Crippen LogP contribution < -0.4 is 9.47 Å². The maximum absolute atomic E-state index is 13.8. The number of carbonyl (C=O) groups excluding carboxylic acids is 1. The first-order valence-corrected chi connectivity index (χ1v) is 10.1. The second-order valence-corrected chi connectivity index (χ2v) is 7.58. The molecule has 30 heavy (non-hydrogen) atoms. The number of cyclic esters (lactones) is 1. The van der Waals surface area contributed by atoms with Crippen LogP contribution in [0.25, 0.3) is 6.08 Å². The van der Waals surface area contributed by atoms with Crippen molar-refractivity contribution in [3.05, 3.63) is 86.5 Å². The zero-order valence-electron chi connectivity index (χ0n) is 15.7. The molecule has 0 saturated carbocycles. The third kappa shape index (κ3) is 4.22. The Morgan fingerprint density at radius 2 is 2.07 bits per heavy atom. The molecule has 0 amide bonds. The van der Waals surface area contributed by atoms with Crippen LogP contribution in [0.1, 0.15) is 16.0 Å². The summed E-state index contributed by atoms with van der Waals surface area (Å²) < 4.78 is 30.1. The minimum atomic E-state index is -0.548. The Morgan fingerprint density at radius 1 is 1.23 bits per heavy atom. The number of rotatable bonds is 6. The highest BCUT2D eigenvalue weighted by molar-refractivity contribution is 7.12. The molecular formula is C22H15ClFNO4S. The van der Waals surface area contributed by atoms with Crippen molar-refractivity contribution in [2.24, 2.45) is 4.99 Å². The summed E-state index contributed by atoms with van der Waals surface area (Å²) in [4.78, 5) is 17.2. The largest absolute Gasteiger partial charge is 0.493 e. The van der Waals surface area contributed by atoms with Crippen molar-refractivity contribution >= 4 is 40.9 Å². The molecule has 1 aromatic heterocycles. The highest BCUT2D eigenvalue weighted by atomic mass is 35.5. The lowest BCUT2D eigenvalue weighted by Gasteiger charge is -2.13. The van der Waals surface area contributed by atoms with Gasteiger partial charge in [-0.2, -0.15) is 0 Å². The number of benzene rings is 2. The number of esters is 1. The average molecular weight is 444 g/mol. The Labute approximate surface area is 181 Å². The fourth-order valence-corrected chi connectivity index (χ4v) is 3.72. The third-order valence-electron chi connectivity index (χ3n) is 4.24. The van der Waals surface area contributed by atoms with Crippen LogP contribution in [0, 0.1) is 5.82 Å². The number of halogens is 2. The van der Waals surface area contributed by atoms with E-state index in [0.717, 1.165) is 4.88 Å². The van der Waals surface area contributed by atoms with Gasteiger partial charge in [0, 0.05) is 5.56 Å². The van der Waals surface area contributed by atoms with Crippen LogP contribution in [0.5, 0.6) is 11.5 Å². The summed E-state index contributed by atoms with van der Waals surface area (Å²) in [6.45, 7) is -0.00994. The highest BCUT2D eigenvalue weighted by Crippen LogP contribution is 2.38. The van der Waals surface area contributed by atoms with Crippen molar-refractivity contribution in [3.8, 4) is 11.5 Å². The maximum atomic E-state index is 13.8. The van der Waals surface area contributed by atoms with Crippen LogP contribution in [-0.4, -0.2) is 19.0 Å². The predicted molar refractivity (Wildman–Crippen MR) is 114 cm³/mol. The van der Waals surface area contributed by atoms with Gasteiger partial charge in [-0.25, -0.2) is 14.2 Å². The summed E-state index contributed by atoms with van der Waals surface area (Å²) in [5, 5.41) is 2.13. The molecule has 0 radical (unpaired) electrons. The van der Waals surface area contributed by atoms with Crippen molar-refractivity contribution < 1.29 is 23.4 Å². The monoisotopic (exact) mass is 443 g/mol. The minimum absolute atomic E-state index is 0.00994. The number of thiophene rings is 1. The Bertz CT molecular complexity index is 1160. The van der Waals surface area contributed by atoms with Gasteiger partial charge in [-0.3, -0.25) is 0 Å². The van der Waals surface area contributed by atoms with Gasteiger partial charge in [0.2, 0.25) is 5.90 Å². The van der Waals surface area contributed by atoms with Gasteiger partial charge in [-0.1, -0.05) is 35.9 Å². The van der Waals surface area contributed by atoms with Gasteiger partial charge in [-0.15, -0.1) is 11.3 Å². The smallest absolute Gasteiger partial charge is 0.363 e. The van der Waals surface area contributed by atoms with Crippen LogP contribution in [-0.2, 0) is 16.1 Å². The molecule has 0 N–H and O–H groups in total. The van der Waals surface area contributed by atoms with E-state index in [1.807, 2.05) is 17.5 Å². The SMILES string of the molecule is COc1cc(/C=C2\N=C(c3cccs3)OC2=O)cc(Cl)c1OCc1ccccc1F. The summed E-state index contributed by atoms with van der Waals surface area (Å²) in [6, 6.07) is 13.3. The van der Waals surface area contributed by atoms with Crippen LogP contribution >= 0.6 is 22.9 Å². The first-order chi connectivity index (χ1) is 14.5. The topological polar surface area (TPSA) is 57.1 Å². The molecule has 8 heteroatoms. The number of nitrogens with zero attached hydrogens (tertiary/aromatic N) is 1. The molecule has 1 aliphatic rings. The lowest BCUT2D eigenvalue weighted by Crippen LogP contribution is -2.03. The van der Waals surface area contributed by atoms with Crippen molar-refractivity contribution in [1.29, 1.82) is 0 Å². The van der Waals surface area contributed by atoms with E-state index in [2.05, 4.69) is 4.99 Å². The first-order valence-electron chi connectivity index (χ1n) is 8.85. The molecule has 0 unspecified atom stereocenters. The summed E-state index contributed by atoms with van der Waals surface area (Å²) in [6.07, 6.45) is 1.55. The Kier molecular flexibility index (Phi) is 5.83. The average Bonchev–Trinajstić information content (AvgIpc) is 3.38. The lowest BCUT2D eigenvalue weighted by molar-refractivity contribution is -0.129. The van der Waals surface area contributed by atoms with Gasteiger partial charge in [0.1, 0.15) is 12.4 Å². The fourth-order valence-electron chi connectivity index (χ4n) is 2.80. The van der Waals surface area contributed by atoms with Gasteiger partial charge in [0.05, 0.1) is 17.0 Å². The van der Waals surface area contributed by atoms with Gasteiger partial charge in [0.25, 0.3) is 0 Å². The lowest BCUT2D eigenvalue weighted by atomic mass is 10.1. The van der Waals surface area contributed by atoms with Gasteiger partial charge in [0.15, 0.2) is 17.2 Å². The van der Waals surface area contributed by atoms with Crippen molar-refractivity contribution in [2.45, 2.75) is 6.61 Å². The molecule has 2 aromatic carbocycles. The third-order valence-corrected chi connectivity index (χ3v) is 5.38.